The van der Waals surface area contributed by atoms with Crippen LogP contribution in [0, 0.1) is 0 Å². The summed E-state index contributed by atoms with van der Waals surface area (Å²) >= 11 is 0. The molecule has 1 aromatic carbocycles. The predicted molar refractivity (Wildman–Crippen MR) is 100 cm³/mol. The van der Waals surface area contributed by atoms with E-state index in [9.17, 15) is 9.59 Å². The number of amides is 1. The molecular weight excluding hydrogens is 348 g/mol. The smallest absolute Gasteiger partial charge is 0.305 e. The number of likely N-dealkylation sites (N-methyl/N-ethyl adjacent to an activating group) is 1. The number of aliphatic carboxylic acids is 1. The van der Waals surface area contributed by atoms with E-state index in [1.165, 1.54) is 0 Å². The summed E-state index contributed by atoms with van der Waals surface area (Å²) in [6.45, 7) is 1.19. The van der Waals surface area contributed by atoms with Crippen molar-refractivity contribution in [3.8, 4) is 0 Å². The average molecular weight is 375 g/mol. The van der Waals surface area contributed by atoms with Crippen LogP contribution in [0.1, 0.15) is 28.3 Å². The number of furan rings is 1. The molecule has 1 amide bonds. The zero-order valence-electron chi connectivity index (χ0n) is 16.0. The van der Waals surface area contributed by atoms with Gasteiger partial charge in [0.05, 0.1) is 46.8 Å². The van der Waals surface area contributed by atoms with Gasteiger partial charge in [-0.1, -0.05) is 30.3 Å². The van der Waals surface area contributed by atoms with Crippen LogP contribution in [-0.4, -0.2) is 55.2 Å². The number of hydrogen-bond acceptors (Lipinski definition) is 4. The Bertz CT molecular complexity index is 749. The number of carbonyl (C=O) groups excluding carboxylic acids is 1. The number of rotatable bonds is 10. The van der Waals surface area contributed by atoms with E-state index in [0.29, 0.717) is 23.4 Å². The Balaban J connectivity index is 1.89. The number of benzene rings is 1. The maximum Gasteiger partial charge on any atom is 0.305 e. The Morgan fingerprint density at radius 3 is 2.44 bits per heavy atom. The van der Waals surface area contributed by atoms with Gasteiger partial charge in [-0.25, -0.2) is 0 Å². The number of hydrogen-bond donors (Lipinski definition) is 2. The van der Waals surface area contributed by atoms with Crippen molar-refractivity contribution in [3.63, 3.8) is 0 Å². The molecule has 2 rings (SSSR count). The number of quaternary nitrogens is 1. The summed E-state index contributed by atoms with van der Waals surface area (Å²) in [4.78, 5) is 23.4. The lowest BCUT2D eigenvalue weighted by molar-refractivity contribution is -0.871. The molecule has 0 fully saturated rings. The molecule has 1 unspecified atom stereocenters. The maximum atomic E-state index is 12.4. The van der Waals surface area contributed by atoms with E-state index in [2.05, 4.69) is 5.32 Å². The van der Waals surface area contributed by atoms with Gasteiger partial charge in [-0.2, -0.15) is 0 Å². The molecule has 7 heteroatoms. The van der Waals surface area contributed by atoms with E-state index in [0.717, 1.165) is 5.56 Å². The molecule has 2 aromatic rings. The molecule has 1 atom stereocenters. The molecule has 0 aliphatic rings. The highest BCUT2D eigenvalue weighted by Crippen LogP contribution is 2.12. The second-order valence-electron chi connectivity index (χ2n) is 7.49. The molecule has 1 aromatic heterocycles. The minimum atomic E-state index is -0.955. The molecule has 7 nitrogen and oxygen atoms in total. The highest BCUT2D eigenvalue weighted by atomic mass is 16.5. The van der Waals surface area contributed by atoms with Gasteiger partial charge in [0.2, 0.25) is 0 Å². The predicted octanol–water partition coefficient (Wildman–Crippen LogP) is 2.28. The average Bonchev–Trinajstić information content (AvgIpc) is 3.02. The summed E-state index contributed by atoms with van der Waals surface area (Å²) in [7, 11) is 5.82. The van der Waals surface area contributed by atoms with Crippen LogP contribution in [0.3, 0.4) is 0 Å². The molecular formula is C20H27N2O5+. The van der Waals surface area contributed by atoms with E-state index in [-0.39, 0.29) is 18.8 Å². The van der Waals surface area contributed by atoms with Crippen molar-refractivity contribution < 1.29 is 28.3 Å². The van der Waals surface area contributed by atoms with Crippen LogP contribution in [0.5, 0.6) is 0 Å². The monoisotopic (exact) mass is 375 g/mol. The lowest BCUT2D eigenvalue weighted by Gasteiger charge is -2.28. The van der Waals surface area contributed by atoms with E-state index in [1.807, 2.05) is 51.5 Å². The quantitative estimate of drug-likeness (QED) is 0.622. The number of ether oxygens (including phenoxy) is 1. The number of nitrogens with one attached hydrogen (secondary N) is 1. The molecule has 0 saturated carbocycles. The topological polar surface area (TPSA) is 88.8 Å². The summed E-state index contributed by atoms with van der Waals surface area (Å²) < 4.78 is 11.7. The molecule has 27 heavy (non-hydrogen) atoms. The van der Waals surface area contributed by atoms with Crippen LogP contribution < -0.4 is 5.32 Å². The van der Waals surface area contributed by atoms with Crippen LogP contribution >= 0.6 is 0 Å². The van der Waals surface area contributed by atoms with Crippen LogP contribution in [0.15, 0.2) is 46.9 Å². The van der Waals surface area contributed by atoms with Crippen molar-refractivity contribution in [1.82, 2.24) is 5.32 Å². The Kier molecular flexibility index (Phi) is 7.15. The van der Waals surface area contributed by atoms with E-state index in [1.54, 1.807) is 12.1 Å². The van der Waals surface area contributed by atoms with Gasteiger partial charge in [0.15, 0.2) is 5.76 Å². The Morgan fingerprint density at radius 2 is 1.81 bits per heavy atom. The van der Waals surface area contributed by atoms with Crippen LogP contribution in [0.25, 0.3) is 0 Å². The normalized spacial score (nSPS) is 12.6. The Hall–Kier alpha value is -2.64. The second-order valence-corrected chi connectivity index (χ2v) is 7.49. The van der Waals surface area contributed by atoms with Gasteiger partial charge in [0.25, 0.3) is 5.91 Å². The highest BCUT2D eigenvalue weighted by molar-refractivity contribution is 5.92. The third-order valence-electron chi connectivity index (χ3n) is 3.77. The molecule has 0 aliphatic heterocycles. The minimum absolute atomic E-state index is 0.144. The zero-order chi connectivity index (χ0) is 19.9. The summed E-state index contributed by atoms with van der Waals surface area (Å²) in [6.07, 6.45) is -0.144. The van der Waals surface area contributed by atoms with Gasteiger partial charge in [-0.05, 0) is 17.7 Å². The maximum absolute atomic E-state index is 12.4. The molecule has 1 heterocycles. The lowest BCUT2D eigenvalue weighted by Crippen LogP contribution is -2.49. The Labute approximate surface area is 159 Å². The first-order valence-corrected chi connectivity index (χ1v) is 8.76. The van der Waals surface area contributed by atoms with Crippen LogP contribution in [-0.2, 0) is 22.7 Å². The van der Waals surface area contributed by atoms with Crippen LogP contribution in [0.4, 0.5) is 0 Å². The summed E-state index contributed by atoms with van der Waals surface area (Å²) in [5.41, 5.74) is 1.05. The van der Waals surface area contributed by atoms with Gasteiger partial charge >= 0.3 is 5.97 Å². The van der Waals surface area contributed by atoms with Crippen molar-refractivity contribution >= 4 is 11.9 Å². The third-order valence-corrected chi connectivity index (χ3v) is 3.77. The van der Waals surface area contributed by atoms with Gasteiger partial charge in [-0.15, -0.1) is 0 Å². The van der Waals surface area contributed by atoms with Gasteiger partial charge in [0, 0.05) is 0 Å². The fourth-order valence-electron chi connectivity index (χ4n) is 2.71. The molecule has 0 aliphatic carbocycles. The molecule has 2 N–H and O–H groups in total. The van der Waals surface area contributed by atoms with Crippen molar-refractivity contribution in [2.24, 2.45) is 0 Å². The van der Waals surface area contributed by atoms with E-state index in [4.69, 9.17) is 14.3 Å². The SMILES string of the molecule is C[N+](C)(C)CC(CC(=O)O)NC(=O)c1ccc(COCc2ccccc2)o1. The standard InChI is InChI=1S/C20H26N2O5/c1-22(2,3)12-16(11-19(23)24)21-20(25)18-10-9-17(27-18)14-26-13-15-7-5-4-6-8-15/h4-10,16H,11-14H2,1-3H3,(H-,21,23,24,25)/p+1. The van der Waals surface area contributed by atoms with Gasteiger partial charge in [-0.3, -0.25) is 9.59 Å². The first kappa shape index (κ1) is 20.7. The number of carboxylic acids is 1. The first-order valence-electron chi connectivity index (χ1n) is 8.76. The summed E-state index contributed by atoms with van der Waals surface area (Å²) in [5, 5.41) is 11.8. The fourth-order valence-corrected chi connectivity index (χ4v) is 2.71. The zero-order valence-corrected chi connectivity index (χ0v) is 16.0. The molecule has 146 valence electrons. The first-order chi connectivity index (χ1) is 12.7. The Morgan fingerprint density at radius 1 is 1.11 bits per heavy atom. The van der Waals surface area contributed by atoms with E-state index >= 15 is 0 Å². The lowest BCUT2D eigenvalue weighted by atomic mass is 10.2. The van der Waals surface area contributed by atoms with Crippen molar-refractivity contribution in [3.05, 3.63) is 59.5 Å². The van der Waals surface area contributed by atoms with E-state index < -0.39 is 17.9 Å². The molecule has 0 spiro atoms. The number of carbonyl (C=O) groups is 2. The molecule has 0 radical (unpaired) electrons. The molecule has 0 bridgehead atoms. The van der Waals surface area contributed by atoms with Crippen molar-refractivity contribution in [1.29, 1.82) is 0 Å². The summed E-state index contributed by atoms with van der Waals surface area (Å²) in [6, 6.07) is 12.5. The minimum Gasteiger partial charge on any atom is -0.481 e. The highest BCUT2D eigenvalue weighted by Gasteiger charge is 2.24. The number of nitrogens with zero attached hydrogens (tertiary/aromatic N) is 1. The third kappa shape index (κ3) is 7.64. The van der Waals surface area contributed by atoms with Gasteiger partial charge in [0.1, 0.15) is 12.4 Å². The summed E-state index contributed by atoms with van der Waals surface area (Å²) in [5.74, 6) is -0.699. The largest absolute Gasteiger partial charge is 0.481 e. The van der Waals surface area contributed by atoms with Crippen molar-refractivity contribution in [2.75, 3.05) is 27.7 Å². The fraction of sp³-hybridized carbons (Fsp3) is 0.400. The van der Waals surface area contributed by atoms with Crippen LogP contribution in [0.2, 0.25) is 0 Å². The second kappa shape index (κ2) is 9.34. The van der Waals surface area contributed by atoms with Crippen molar-refractivity contribution in [2.45, 2.75) is 25.7 Å². The van der Waals surface area contributed by atoms with Gasteiger partial charge < -0.3 is 24.1 Å². The molecule has 0 saturated heterocycles. The number of carboxylic acid groups (broad SMARTS) is 1.